The lowest BCUT2D eigenvalue weighted by atomic mass is 10.1. The molecule has 1 atom stereocenters. The number of ether oxygens (including phenoxy) is 1. The Bertz CT molecular complexity index is 1060. The Morgan fingerprint density at radius 2 is 1.81 bits per heavy atom. The first-order valence-corrected chi connectivity index (χ1v) is 10.1. The van der Waals surface area contributed by atoms with Crippen LogP contribution in [0, 0.1) is 0 Å². The van der Waals surface area contributed by atoms with Gasteiger partial charge in [0, 0.05) is 23.4 Å². The number of aromatic nitrogens is 2. The predicted octanol–water partition coefficient (Wildman–Crippen LogP) is 7.30. The Morgan fingerprint density at radius 1 is 1.03 bits per heavy atom. The molecule has 31 heavy (non-hydrogen) atoms. The van der Waals surface area contributed by atoms with Gasteiger partial charge in [-0.3, -0.25) is 0 Å². The zero-order valence-corrected chi connectivity index (χ0v) is 18.1. The minimum atomic E-state index is -4.78. The Kier molecular flexibility index (Phi) is 7.12. The molecule has 2 N–H and O–H groups in total. The fourth-order valence-electron chi connectivity index (χ4n) is 2.62. The highest BCUT2D eigenvalue weighted by Crippen LogP contribution is 2.31. The van der Waals surface area contributed by atoms with Crippen LogP contribution in [-0.2, 0) is 0 Å². The van der Waals surface area contributed by atoms with E-state index in [4.69, 9.17) is 23.2 Å². The summed E-state index contributed by atoms with van der Waals surface area (Å²) in [4.78, 5) is 8.91. The number of nitrogens with zero attached hydrogens (tertiary/aromatic N) is 2. The molecule has 0 radical (unpaired) electrons. The summed E-state index contributed by atoms with van der Waals surface area (Å²) in [5.41, 5.74) is 1.49. The quantitative estimate of drug-likeness (QED) is 0.379. The van der Waals surface area contributed by atoms with Gasteiger partial charge in [-0.15, -0.1) is 13.2 Å². The highest BCUT2D eigenvalue weighted by Gasteiger charge is 2.31. The molecule has 0 aliphatic carbocycles. The van der Waals surface area contributed by atoms with E-state index in [1.54, 1.807) is 30.3 Å². The van der Waals surface area contributed by atoms with Gasteiger partial charge >= 0.3 is 6.36 Å². The van der Waals surface area contributed by atoms with Gasteiger partial charge in [0.1, 0.15) is 11.6 Å². The topological polar surface area (TPSA) is 59.1 Å². The molecule has 0 aliphatic heterocycles. The van der Waals surface area contributed by atoms with Gasteiger partial charge in [-0.2, -0.15) is 4.98 Å². The van der Waals surface area contributed by atoms with E-state index in [2.05, 4.69) is 25.3 Å². The van der Waals surface area contributed by atoms with Gasteiger partial charge in [0.25, 0.3) is 0 Å². The van der Waals surface area contributed by atoms with Gasteiger partial charge in [0.15, 0.2) is 0 Å². The van der Waals surface area contributed by atoms with Crippen molar-refractivity contribution in [3.8, 4) is 17.0 Å². The van der Waals surface area contributed by atoms with Crippen LogP contribution in [0.15, 0.2) is 48.5 Å². The van der Waals surface area contributed by atoms with Crippen LogP contribution in [0.1, 0.15) is 20.3 Å². The second kappa shape index (κ2) is 9.62. The zero-order chi connectivity index (χ0) is 22.6. The number of nitrogens with one attached hydrogen (secondary N) is 2. The van der Waals surface area contributed by atoms with Crippen LogP contribution in [0.3, 0.4) is 0 Å². The van der Waals surface area contributed by atoms with E-state index in [0.29, 0.717) is 38.8 Å². The van der Waals surface area contributed by atoms with Crippen LogP contribution < -0.4 is 15.4 Å². The van der Waals surface area contributed by atoms with Crippen molar-refractivity contribution in [1.82, 2.24) is 9.97 Å². The summed E-state index contributed by atoms with van der Waals surface area (Å²) in [6.45, 7) is 3.98. The molecular weight excluding hydrogens is 452 g/mol. The summed E-state index contributed by atoms with van der Waals surface area (Å²) in [5.74, 6) is 0.423. The summed E-state index contributed by atoms with van der Waals surface area (Å²) in [5, 5.41) is 7.09. The molecular formula is C21H19Cl2F3N4O. The minimum Gasteiger partial charge on any atom is -0.406 e. The second-order valence-electron chi connectivity index (χ2n) is 6.75. The first kappa shape index (κ1) is 23.0. The Hall–Kier alpha value is -2.71. The molecule has 2 aromatic carbocycles. The van der Waals surface area contributed by atoms with E-state index in [0.717, 1.165) is 6.42 Å². The molecule has 0 saturated heterocycles. The van der Waals surface area contributed by atoms with E-state index in [1.807, 2.05) is 13.8 Å². The van der Waals surface area contributed by atoms with Crippen molar-refractivity contribution in [2.45, 2.75) is 32.7 Å². The molecule has 1 heterocycles. The highest BCUT2D eigenvalue weighted by molar-refractivity contribution is 6.42. The molecule has 3 aromatic rings. The Morgan fingerprint density at radius 3 is 2.48 bits per heavy atom. The van der Waals surface area contributed by atoms with Crippen molar-refractivity contribution in [1.29, 1.82) is 0 Å². The summed E-state index contributed by atoms with van der Waals surface area (Å²) in [6.07, 6.45) is -3.95. The van der Waals surface area contributed by atoms with Crippen LogP contribution in [0.2, 0.25) is 10.0 Å². The predicted molar refractivity (Wildman–Crippen MR) is 117 cm³/mol. The molecule has 0 bridgehead atoms. The molecule has 0 saturated carbocycles. The van der Waals surface area contributed by atoms with Crippen molar-refractivity contribution < 1.29 is 17.9 Å². The molecule has 0 fully saturated rings. The summed E-state index contributed by atoms with van der Waals surface area (Å²) in [6, 6.07) is 12.3. The van der Waals surface area contributed by atoms with Crippen molar-refractivity contribution >= 4 is 40.7 Å². The molecule has 0 aliphatic rings. The molecule has 1 aromatic heterocycles. The summed E-state index contributed by atoms with van der Waals surface area (Å²) in [7, 11) is 0. The van der Waals surface area contributed by atoms with Crippen molar-refractivity contribution in [3.05, 3.63) is 58.6 Å². The lowest BCUT2D eigenvalue weighted by molar-refractivity contribution is -0.274. The van der Waals surface area contributed by atoms with Crippen LogP contribution in [0.25, 0.3) is 11.3 Å². The maximum absolute atomic E-state index is 12.6. The fourth-order valence-corrected chi connectivity index (χ4v) is 2.92. The number of benzene rings is 2. The number of hydrogen-bond acceptors (Lipinski definition) is 5. The van der Waals surface area contributed by atoms with Gasteiger partial charge in [0.05, 0.1) is 15.7 Å². The third kappa shape index (κ3) is 6.63. The molecule has 0 amide bonds. The molecule has 3 rings (SSSR count). The van der Waals surface area contributed by atoms with Gasteiger partial charge in [-0.05, 0) is 43.7 Å². The van der Waals surface area contributed by atoms with Crippen molar-refractivity contribution in [2.75, 3.05) is 10.6 Å². The van der Waals surface area contributed by atoms with Crippen molar-refractivity contribution in [2.24, 2.45) is 0 Å². The van der Waals surface area contributed by atoms with Crippen LogP contribution >= 0.6 is 23.2 Å². The maximum Gasteiger partial charge on any atom is 0.573 e. The first-order chi connectivity index (χ1) is 14.6. The number of halogens is 5. The lowest BCUT2D eigenvalue weighted by Crippen LogP contribution is -2.17. The Labute approximate surface area is 187 Å². The SMILES string of the molecule is CC[C@H](C)Nc1nc(Nc2ccc(Cl)c(Cl)c2)cc(-c2cccc(OC(F)(F)F)c2)n1. The van der Waals surface area contributed by atoms with Crippen LogP contribution in [0.4, 0.5) is 30.6 Å². The largest absolute Gasteiger partial charge is 0.573 e. The van der Waals surface area contributed by atoms with E-state index in [-0.39, 0.29) is 11.8 Å². The Balaban J connectivity index is 1.99. The van der Waals surface area contributed by atoms with Crippen molar-refractivity contribution in [3.63, 3.8) is 0 Å². The monoisotopic (exact) mass is 470 g/mol. The highest BCUT2D eigenvalue weighted by atomic mass is 35.5. The van der Waals surface area contributed by atoms with E-state index in [1.165, 1.54) is 18.2 Å². The second-order valence-corrected chi connectivity index (χ2v) is 7.56. The first-order valence-electron chi connectivity index (χ1n) is 9.37. The lowest BCUT2D eigenvalue weighted by Gasteiger charge is -2.15. The van der Waals surface area contributed by atoms with Crippen LogP contribution in [0.5, 0.6) is 5.75 Å². The van der Waals surface area contributed by atoms with Gasteiger partial charge < -0.3 is 15.4 Å². The molecule has 0 unspecified atom stereocenters. The van der Waals surface area contributed by atoms with Gasteiger partial charge in [-0.1, -0.05) is 42.3 Å². The third-order valence-electron chi connectivity index (χ3n) is 4.27. The maximum atomic E-state index is 12.6. The standard InChI is InChI=1S/C21H19Cl2F3N4O/c1-3-12(2)27-20-29-18(13-5-4-6-15(9-13)31-21(24,25)26)11-19(30-20)28-14-7-8-16(22)17(23)10-14/h4-12H,3H2,1-2H3,(H2,27,28,29,30)/t12-/m0/s1. The average molecular weight is 471 g/mol. The van der Waals surface area contributed by atoms with E-state index < -0.39 is 6.36 Å². The van der Waals surface area contributed by atoms with Crippen LogP contribution in [-0.4, -0.2) is 22.4 Å². The fraction of sp³-hybridized carbons (Fsp3) is 0.238. The number of rotatable bonds is 7. The van der Waals surface area contributed by atoms with E-state index >= 15 is 0 Å². The zero-order valence-electron chi connectivity index (χ0n) is 16.6. The van der Waals surface area contributed by atoms with E-state index in [9.17, 15) is 13.2 Å². The molecule has 164 valence electrons. The van der Waals surface area contributed by atoms with Gasteiger partial charge in [0.2, 0.25) is 5.95 Å². The number of anilines is 3. The number of alkyl halides is 3. The summed E-state index contributed by atoms with van der Waals surface area (Å²) < 4.78 is 41.8. The summed E-state index contributed by atoms with van der Waals surface area (Å²) >= 11 is 12.0. The average Bonchev–Trinajstić information content (AvgIpc) is 2.69. The molecule has 10 heteroatoms. The molecule has 0 spiro atoms. The molecule has 5 nitrogen and oxygen atoms in total. The normalized spacial score (nSPS) is 12.4. The minimum absolute atomic E-state index is 0.0907. The van der Waals surface area contributed by atoms with Gasteiger partial charge in [-0.25, -0.2) is 4.98 Å². The smallest absolute Gasteiger partial charge is 0.406 e. The number of hydrogen-bond donors (Lipinski definition) is 2. The third-order valence-corrected chi connectivity index (χ3v) is 5.01.